The van der Waals surface area contributed by atoms with Crippen molar-refractivity contribution in [3.05, 3.63) is 113 Å². The molecule has 2 aromatic carbocycles. The quantitative estimate of drug-likeness (QED) is 0.442. The predicted molar refractivity (Wildman–Crippen MR) is 133 cm³/mol. The van der Waals surface area contributed by atoms with Crippen molar-refractivity contribution >= 4 is 23.0 Å². The van der Waals surface area contributed by atoms with E-state index in [0.717, 1.165) is 34.5 Å². The third-order valence-electron chi connectivity index (χ3n) is 6.22. The summed E-state index contributed by atoms with van der Waals surface area (Å²) in [6.07, 6.45) is 8.97. The van der Waals surface area contributed by atoms with Crippen LogP contribution in [0.1, 0.15) is 38.9 Å². The van der Waals surface area contributed by atoms with E-state index in [-0.39, 0.29) is 11.9 Å². The number of carbonyl (C=O) groups is 1. The number of amides is 1. The van der Waals surface area contributed by atoms with Crippen LogP contribution in [0.2, 0.25) is 0 Å². The third kappa shape index (κ3) is 3.98. The topological polar surface area (TPSA) is 61.4 Å². The van der Waals surface area contributed by atoms with Gasteiger partial charge in [-0.25, -0.2) is 0 Å². The maximum atomic E-state index is 14.0. The van der Waals surface area contributed by atoms with Gasteiger partial charge < -0.3 is 9.88 Å². The van der Waals surface area contributed by atoms with Gasteiger partial charge in [-0.3, -0.25) is 14.8 Å². The largest absolute Gasteiger partial charge is 0.356 e. The van der Waals surface area contributed by atoms with Crippen LogP contribution >= 0.6 is 0 Å². The normalized spacial score (nSPS) is 16.0. The zero-order valence-electron chi connectivity index (χ0n) is 18.6. The summed E-state index contributed by atoms with van der Waals surface area (Å²) in [7, 11) is 1.74. The highest BCUT2D eigenvalue weighted by atomic mass is 16.2. The van der Waals surface area contributed by atoms with Crippen molar-refractivity contribution in [2.75, 3.05) is 13.6 Å². The van der Waals surface area contributed by atoms with Gasteiger partial charge in [-0.2, -0.15) is 0 Å². The molecule has 2 aromatic heterocycles. The number of aromatic nitrogens is 2. The molecular formula is C28H26N4O. The first-order valence-electron chi connectivity index (χ1n) is 11.2. The number of aliphatic imine (C=N–C) groups is 1. The SMILES string of the molecule is CN=C/C=C\Cc1ccccc1C(=O)N1CCc2c([nH]c3ccccc23)C1c1ccccn1. The fourth-order valence-corrected chi connectivity index (χ4v) is 4.71. The Bertz CT molecular complexity index is 1340. The van der Waals surface area contributed by atoms with Crippen LogP contribution in [-0.2, 0) is 12.8 Å². The summed E-state index contributed by atoms with van der Waals surface area (Å²) in [5.74, 6) is 0.0307. The molecule has 1 aliphatic heterocycles. The first-order valence-corrected chi connectivity index (χ1v) is 11.2. The number of nitrogens with zero attached hydrogens (tertiary/aromatic N) is 3. The number of rotatable bonds is 5. The Labute approximate surface area is 193 Å². The molecule has 4 aromatic rings. The number of allylic oxidation sites excluding steroid dienone is 2. The number of pyridine rings is 1. The highest BCUT2D eigenvalue weighted by Crippen LogP contribution is 2.38. The van der Waals surface area contributed by atoms with Gasteiger partial charge in [0.15, 0.2) is 0 Å². The van der Waals surface area contributed by atoms with Crippen LogP contribution in [0.5, 0.6) is 0 Å². The summed E-state index contributed by atoms with van der Waals surface area (Å²) >= 11 is 0. The molecule has 1 N–H and O–H groups in total. The molecule has 1 unspecified atom stereocenters. The molecule has 3 heterocycles. The van der Waals surface area contributed by atoms with Crippen LogP contribution in [0.4, 0.5) is 0 Å². The minimum Gasteiger partial charge on any atom is -0.356 e. The summed E-state index contributed by atoms with van der Waals surface area (Å²) in [5, 5.41) is 1.23. The van der Waals surface area contributed by atoms with Gasteiger partial charge in [-0.15, -0.1) is 0 Å². The molecule has 0 aliphatic carbocycles. The summed E-state index contributed by atoms with van der Waals surface area (Å²) in [4.78, 5) is 28.2. The van der Waals surface area contributed by atoms with Crippen LogP contribution < -0.4 is 0 Å². The highest BCUT2D eigenvalue weighted by molar-refractivity contribution is 5.97. The van der Waals surface area contributed by atoms with Crippen molar-refractivity contribution in [1.82, 2.24) is 14.9 Å². The van der Waals surface area contributed by atoms with Crippen molar-refractivity contribution < 1.29 is 4.79 Å². The van der Waals surface area contributed by atoms with E-state index in [1.165, 1.54) is 10.9 Å². The Morgan fingerprint density at radius 3 is 2.79 bits per heavy atom. The number of nitrogens with one attached hydrogen (secondary N) is 1. The van der Waals surface area contributed by atoms with Gasteiger partial charge in [0.2, 0.25) is 0 Å². The number of para-hydroxylation sites is 1. The first kappa shape index (κ1) is 20.9. The summed E-state index contributed by atoms with van der Waals surface area (Å²) in [6.45, 7) is 0.640. The van der Waals surface area contributed by atoms with E-state index < -0.39 is 0 Å². The van der Waals surface area contributed by atoms with Gasteiger partial charge in [0.05, 0.1) is 5.69 Å². The fraction of sp³-hybridized carbons (Fsp3) is 0.179. The molecule has 0 radical (unpaired) electrons. The van der Waals surface area contributed by atoms with Crippen LogP contribution in [0.15, 0.2) is 90.1 Å². The maximum absolute atomic E-state index is 14.0. The van der Waals surface area contributed by atoms with E-state index in [1.807, 2.05) is 65.6 Å². The van der Waals surface area contributed by atoms with Crippen molar-refractivity contribution in [3.63, 3.8) is 0 Å². The van der Waals surface area contributed by atoms with Gasteiger partial charge in [0, 0.05) is 48.2 Å². The molecule has 1 aliphatic rings. The number of H-pyrrole nitrogens is 1. The van der Waals surface area contributed by atoms with Crippen molar-refractivity contribution in [2.24, 2.45) is 4.99 Å². The molecule has 33 heavy (non-hydrogen) atoms. The minimum absolute atomic E-state index is 0.0307. The van der Waals surface area contributed by atoms with Gasteiger partial charge in [0.25, 0.3) is 5.91 Å². The Hall–Kier alpha value is -3.99. The Kier molecular flexibility index (Phi) is 5.85. The smallest absolute Gasteiger partial charge is 0.255 e. The first-order chi connectivity index (χ1) is 16.3. The van der Waals surface area contributed by atoms with E-state index in [0.29, 0.717) is 13.0 Å². The van der Waals surface area contributed by atoms with Gasteiger partial charge in [0.1, 0.15) is 6.04 Å². The number of hydrogen-bond acceptors (Lipinski definition) is 3. The Balaban J connectivity index is 1.57. The van der Waals surface area contributed by atoms with Crippen molar-refractivity contribution in [3.8, 4) is 0 Å². The van der Waals surface area contributed by atoms with E-state index in [4.69, 9.17) is 0 Å². The highest BCUT2D eigenvalue weighted by Gasteiger charge is 2.36. The molecule has 1 atom stereocenters. The lowest BCUT2D eigenvalue weighted by molar-refractivity contribution is 0.0687. The van der Waals surface area contributed by atoms with Crippen molar-refractivity contribution in [2.45, 2.75) is 18.9 Å². The second kappa shape index (κ2) is 9.25. The molecule has 5 nitrogen and oxygen atoms in total. The lowest BCUT2D eigenvalue weighted by atomic mass is 9.93. The molecule has 1 amide bonds. The molecule has 0 saturated carbocycles. The van der Waals surface area contributed by atoms with Crippen LogP contribution in [0.3, 0.4) is 0 Å². The van der Waals surface area contributed by atoms with E-state index in [9.17, 15) is 4.79 Å². The van der Waals surface area contributed by atoms with Crippen LogP contribution in [0, 0.1) is 0 Å². The number of carbonyl (C=O) groups excluding carboxylic acids is 1. The molecule has 0 bridgehead atoms. The lowest BCUT2D eigenvalue weighted by Gasteiger charge is -2.36. The zero-order chi connectivity index (χ0) is 22.6. The molecule has 0 saturated heterocycles. The second-order valence-electron chi connectivity index (χ2n) is 8.17. The number of fused-ring (bicyclic) bond motifs is 3. The second-order valence-corrected chi connectivity index (χ2v) is 8.17. The average Bonchev–Trinajstić information content (AvgIpc) is 3.25. The standard InChI is InChI=1S/C28H26N4O/c1-29-17-8-6-11-20-10-2-3-12-21(20)28(33)32-19-16-23-22-13-4-5-14-24(22)31-26(23)27(32)25-15-7-9-18-30-25/h2-10,12-15,17-18,27,31H,11,16,19H2,1H3/b8-6-,29-17?. The Morgan fingerprint density at radius 2 is 1.94 bits per heavy atom. The summed E-state index contributed by atoms with van der Waals surface area (Å²) in [6, 6.07) is 21.8. The Morgan fingerprint density at radius 1 is 1.12 bits per heavy atom. The van der Waals surface area contributed by atoms with Crippen LogP contribution in [0.25, 0.3) is 10.9 Å². The molecule has 164 valence electrons. The van der Waals surface area contributed by atoms with E-state index in [2.05, 4.69) is 33.2 Å². The summed E-state index contributed by atoms with van der Waals surface area (Å²) < 4.78 is 0. The third-order valence-corrected chi connectivity index (χ3v) is 6.22. The number of aromatic amines is 1. The van der Waals surface area contributed by atoms with E-state index in [1.54, 1.807) is 19.5 Å². The molecule has 5 heteroatoms. The molecule has 0 fully saturated rings. The minimum atomic E-state index is -0.259. The zero-order valence-corrected chi connectivity index (χ0v) is 18.6. The molecule has 5 rings (SSSR count). The van der Waals surface area contributed by atoms with Gasteiger partial charge in [-0.1, -0.05) is 48.5 Å². The molecule has 0 spiro atoms. The predicted octanol–water partition coefficient (Wildman–Crippen LogP) is 5.15. The average molecular weight is 435 g/mol. The van der Waals surface area contributed by atoms with Gasteiger partial charge in [-0.05, 0) is 54.3 Å². The number of hydrogen-bond donors (Lipinski definition) is 1. The number of benzene rings is 2. The van der Waals surface area contributed by atoms with E-state index >= 15 is 0 Å². The molecular weight excluding hydrogens is 408 g/mol. The summed E-state index contributed by atoms with van der Waals surface area (Å²) in [5.41, 5.74) is 6.05. The van der Waals surface area contributed by atoms with Crippen LogP contribution in [-0.4, -0.2) is 40.6 Å². The maximum Gasteiger partial charge on any atom is 0.255 e. The van der Waals surface area contributed by atoms with Crippen molar-refractivity contribution in [1.29, 1.82) is 0 Å². The van der Waals surface area contributed by atoms with Gasteiger partial charge >= 0.3 is 0 Å². The monoisotopic (exact) mass is 434 g/mol. The fourth-order valence-electron chi connectivity index (χ4n) is 4.71. The lowest BCUT2D eigenvalue weighted by Crippen LogP contribution is -2.41.